The first-order valence-corrected chi connectivity index (χ1v) is 11.6. The summed E-state index contributed by atoms with van der Waals surface area (Å²) in [7, 11) is -6.01. The zero-order valence-electron chi connectivity index (χ0n) is 14.4. The molecule has 0 aromatic heterocycles. The largest absolute Gasteiger partial charge is 0.218 e. The quantitative estimate of drug-likeness (QED) is 0.699. The van der Waals surface area contributed by atoms with Crippen molar-refractivity contribution in [2.75, 3.05) is 26.2 Å². The summed E-state index contributed by atoms with van der Waals surface area (Å²) in [5.41, 5.74) is 1.71. The fraction of sp³-hybridized carbons (Fsp3) is 0.333. The highest BCUT2D eigenvalue weighted by Crippen LogP contribution is 2.17. The highest BCUT2D eigenvalue weighted by atomic mass is 32.2. The maximum atomic E-state index is 11.5. The van der Waals surface area contributed by atoms with Gasteiger partial charge in [-0.1, -0.05) is 60.7 Å². The van der Waals surface area contributed by atoms with Gasteiger partial charge < -0.3 is 0 Å². The Hall–Kier alpha value is -1.74. The number of sulfonamides is 2. The van der Waals surface area contributed by atoms with E-state index in [0.29, 0.717) is 26.2 Å². The van der Waals surface area contributed by atoms with Crippen LogP contribution in [0.2, 0.25) is 0 Å². The highest BCUT2D eigenvalue weighted by Gasteiger charge is 2.32. The Morgan fingerprint density at radius 1 is 0.577 bits per heavy atom. The van der Waals surface area contributed by atoms with Gasteiger partial charge in [-0.3, -0.25) is 0 Å². The van der Waals surface area contributed by atoms with E-state index in [0.717, 1.165) is 11.1 Å². The molecule has 26 heavy (non-hydrogen) atoms. The van der Waals surface area contributed by atoms with E-state index in [1.54, 1.807) is 0 Å². The minimum absolute atomic E-state index is 0.133. The van der Waals surface area contributed by atoms with Crippen LogP contribution in [0.4, 0.5) is 0 Å². The fourth-order valence-electron chi connectivity index (χ4n) is 2.39. The summed E-state index contributed by atoms with van der Waals surface area (Å²) in [6.45, 7) is 2.76. The van der Waals surface area contributed by atoms with E-state index >= 15 is 0 Å². The van der Waals surface area contributed by atoms with Gasteiger partial charge in [-0.2, -0.15) is 8.61 Å². The molecule has 2 heterocycles. The predicted molar refractivity (Wildman–Crippen MR) is 101 cm³/mol. The number of nitrogens with zero attached hydrogens (tertiary/aromatic N) is 2. The summed E-state index contributed by atoms with van der Waals surface area (Å²) in [4.78, 5) is 0. The van der Waals surface area contributed by atoms with E-state index in [9.17, 15) is 16.8 Å². The summed E-state index contributed by atoms with van der Waals surface area (Å²) in [6, 6.07) is 18.5. The smallest absolute Gasteiger partial charge is 0.212 e. The van der Waals surface area contributed by atoms with Crippen molar-refractivity contribution in [1.82, 2.24) is 8.61 Å². The Balaban J connectivity index is 0.000000151. The molecule has 2 aromatic carbocycles. The van der Waals surface area contributed by atoms with Crippen LogP contribution in [-0.4, -0.2) is 51.6 Å². The highest BCUT2D eigenvalue weighted by molar-refractivity contribution is 7.88. The van der Waals surface area contributed by atoms with Crippen molar-refractivity contribution in [2.45, 2.75) is 11.5 Å². The van der Waals surface area contributed by atoms with Crippen molar-refractivity contribution >= 4 is 20.0 Å². The molecule has 2 aromatic rings. The van der Waals surface area contributed by atoms with E-state index in [1.165, 1.54) is 8.61 Å². The van der Waals surface area contributed by atoms with Crippen molar-refractivity contribution < 1.29 is 16.8 Å². The topological polar surface area (TPSA) is 74.3 Å². The molecule has 0 aliphatic carbocycles. The van der Waals surface area contributed by atoms with Crippen LogP contribution in [0.5, 0.6) is 0 Å². The molecule has 0 atom stereocenters. The maximum absolute atomic E-state index is 11.5. The molecule has 2 saturated heterocycles. The van der Waals surface area contributed by atoms with Crippen molar-refractivity contribution in [3.63, 3.8) is 0 Å². The van der Waals surface area contributed by atoms with E-state index in [2.05, 4.69) is 0 Å². The van der Waals surface area contributed by atoms with Gasteiger partial charge in [0.2, 0.25) is 20.0 Å². The third-order valence-corrected chi connectivity index (χ3v) is 7.68. The second kappa shape index (κ2) is 7.87. The van der Waals surface area contributed by atoms with Crippen molar-refractivity contribution in [3.05, 3.63) is 71.8 Å². The molecule has 2 fully saturated rings. The average molecular weight is 395 g/mol. The number of rotatable bonds is 6. The third-order valence-electron chi connectivity index (χ3n) is 3.98. The van der Waals surface area contributed by atoms with Gasteiger partial charge in [0.1, 0.15) is 0 Å². The molecule has 0 bridgehead atoms. The van der Waals surface area contributed by atoms with E-state index < -0.39 is 20.0 Å². The monoisotopic (exact) mass is 394 g/mol. The van der Waals surface area contributed by atoms with Gasteiger partial charge in [-0.25, -0.2) is 16.8 Å². The molecule has 0 N–H and O–H groups in total. The Morgan fingerprint density at radius 2 is 0.885 bits per heavy atom. The maximum Gasteiger partial charge on any atom is 0.218 e. The van der Waals surface area contributed by atoms with Gasteiger partial charge in [0, 0.05) is 26.2 Å². The van der Waals surface area contributed by atoms with Crippen LogP contribution in [0, 0.1) is 0 Å². The summed E-state index contributed by atoms with van der Waals surface area (Å²) in [6.07, 6.45) is 0. The molecule has 2 aliphatic heterocycles. The summed E-state index contributed by atoms with van der Waals surface area (Å²) in [5.74, 6) is 0.266. The van der Waals surface area contributed by atoms with E-state index in [4.69, 9.17) is 0 Å². The number of hydrogen-bond acceptors (Lipinski definition) is 4. The minimum atomic E-state index is -3.01. The van der Waals surface area contributed by atoms with Crippen LogP contribution < -0.4 is 0 Å². The summed E-state index contributed by atoms with van der Waals surface area (Å²) < 4.78 is 48.9. The van der Waals surface area contributed by atoms with Crippen molar-refractivity contribution in [1.29, 1.82) is 0 Å². The van der Waals surface area contributed by atoms with E-state index in [1.807, 2.05) is 60.7 Å². The molecule has 140 valence electrons. The standard InChI is InChI=1S/2C9H11NO2S/c2*11-13(12,10-6-7-10)8-9-4-2-1-3-5-9/h2*1-5H,6-8H2. The predicted octanol–water partition coefficient (Wildman–Crippen LogP) is 1.66. The van der Waals surface area contributed by atoms with Gasteiger partial charge in [-0.05, 0) is 11.1 Å². The molecule has 4 rings (SSSR count). The normalized spacial score (nSPS) is 17.2. The van der Waals surface area contributed by atoms with Gasteiger partial charge in [0.15, 0.2) is 0 Å². The SMILES string of the molecule is O=S(=O)(Cc1ccccc1)N1CC1.O=S(=O)(Cc1ccccc1)N1CC1. The second-order valence-electron chi connectivity index (χ2n) is 6.28. The molecule has 0 unspecified atom stereocenters. The van der Waals surface area contributed by atoms with Crippen molar-refractivity contribution in [3.8, 4) is 0 Å². The first-order valence-electron chi connectivity index (χ1n) is 8.40. The first kappa shape index (κ1) is 19.0. The van der Waals surface area contributed by atoms with Crippen LogP contribution in [0.25, 0.3) is 0 Å². The van der Waals surface area contributed by atoms with E-state index in [-0.39, 0.29) is 11.5 Å². The minimum Gasteiger partial charge on any atom is -0.212 e. The molecule has 0 saturated carbocycles. The number of hydrogen-bond donors (Lipinski definition) is 0. The van der Waals surface area contributed by atoms with Crippen molar-refractivity contribution in [2.24, 2.45) is 0 Å². The van der Waals surface area contributed by atoms with Gasteiger partial charge in [0.25, 0.3) is 0 Å². The summed E-state index contributed by atoms with van der Waals surface area (Å²) in [5, 5.41) is 0. The molecule has 0 radical (unpaired) electrons. The molecular weight excluding hydrogens is 372 g/mol. The lowest BCUT2D eigenvalue weighted by Crippen LogP contribution is -2.13. The lowest BCUT2D eigenvalue weighted by molar-refractivity contribution is 0.560. The Labute approximate surface area is 155 Å². The molecule has 2 aliphatic rings. The molecule has 6 nitrogen and oxygen atoms in total. The van der Waals surface area contributed by atoms with Crippen LogP contribution in [0.3, 0.4) is 0 Å². The number of benzene rings is 2. The lowest BCUT2D eigenvalue weighted by Gasteiger charge is -2.03. The first-order chi connectivity index (χ1) is 12.4. The molecular formula is C18H22N2O4S2. The second-order valence-corrected chi connectivity index (χ2v) is 10.2. The average Bonchev–Trinajstić information content (AvgIpc) is 3.49. The lowest BCUT2D eigenvalue weighted by atomic mass is 10.2. The zero-order chi connectivity index (χ0) is 18.6. The van der Waals surface area contributed by atoms with Gasteiger partial charge >= 0.3 is 0 Å². The Bertz CT molecular complexity index is 842. The molecule has 0 amide bonds. The Kier molecular flexibility index (Phi) is 5.76. The van der Waals surface area contributed by atoms with Gasteiger partial charge in [0.05, 0.1) is 11.5 Å². The third kappa shape index (κ3) is 5.63. The van der Waals surface area contributed by atoms with Crippen LogP contribution in [0.1, 0.15) is 11.1 Å². The van der Waals surface area contributed by atoms with Gasteiger partial charge in [-0.15, -0.1) is 0 Å². The summed E-state index contributed by atoms with van der Waals surface area (Å²) >= 11 is 0. The molecule has 0 spiro atoms. The van der Waals surface area contributed by atoms with Crippen LogP contribution in [-0.2, 0) is 31.6 Å². The van der Waals surface area contributed by atoms with Crippen LogP contribution >= 0.6 is 0 Å². The fourth-order valence-corrected chi connectivity index (χ4v) is 5.26. The molecule has 8 heteroatoms. The van der Waals surface area contributed by atoms with Crippen LogP contribution in [0.15, 0.2) is 60.7 Å². The Morgan fingerprint density at radius 3 is 1.15 bits per heavy atom. The zero-order valence-corrected chi connectivity index (χ0v) is 16.0.